The van der Waals surface area contributed by atoms with E-state index in [1.54, 1.807) is 0 Å². The van der Waals surface area contributed by atoms with Crippen LogP contribution >= 0.6 is 0 Å². The lowest BCUT2D eigenvalue weighted by molar-refractivity contribution is -0.118. The molecule has 3 fully saturated rings. The number of hydrogen-bond acceptors (Lipinski definition) is 2. The summed E-state index contributed by atoms with van der Waals surface area (Å²) in [6.07, 6.45) is 3.64. The molecule has 0 aromatic heterocycles. The number of para-hydroxylation sites is 1. The summed E-state index contributed by atoms with van der Waals surface area (Å²) >= 11 is 0. The zero-order chi connectivity index (χ0) is 14.7. The first-order valence-corrected chi connectivity index (χ1v) is 7.40. The number of hydrogen-bond donors (Lipinski definition) is 2. The Hall–Kier alpha value is -1.91. The first-order valence-electron chi connectivity index (χ1n) is 7.40. The van der Waals surface area contributed by atoms with Crippen LogP contribution in [-0.2, 0) is 4.79 Å². The largest absolute Gasteiger partial charge is 0.478 e. The number of anilines is 1. The summed E-state index contributed by atoms with van der Waals surface area (Å²) in [6.45, 7) is 0. The molecule has 3 aliphatic rings. The average molecular weight is 289 g/mol. The summed E-state index contributed by atoms with van der Waals surface area (Å²) in [5.74, 6) is 0.00262. The van der Waals surface area contributed by atoms with Crippen LogP contribution in [0.2, 0.25) is 0 Å². The summed E-state index contributed by atoms with van der Waals surface area (Å²) in [4.78, 5) is 23.5. The van der Waals surface area contributed by atoms with E-state index in [1.807, 2.05) is 0 Å². The van der Waals surface area contributed by atoms with Gasteiger partial charge in [-0.25, -0.2) is 9.18 Å². The maximum absolute atomic E-state index is 13.8. The number of rotatable bonds is 3. The van der Waals surface area contributed by atoms with Gasteiger partial charge in [0.1, 0.15) is 5.82 Å². The molecular formula is C16H16FNO3. The van der Waals surface area contributed by atoms with Crippen LogP contribution in [0, 0.1) is 35.4 Å². The highest BCUT2D eigenvalue weighted by Gasteiger charge is 2.67. The first kappa shape index (κ1) is 12.8. The maximum atomic E-state index is 13.8. The van der Waals surface area contributed by atoms with Gasteiger partial charge in [0.05, 0.1) is 11.3 Å². The maximum Gasteiger partial charge on any atom is 0.337 e. The van der Waals surface area contributed by atoms with Gasteiger partial charge in [-0.1, -0.05) is 6.07 Å². The van der Waals surface area contributed by atoms with Crippen molar-refractivity contribution in [1.29, 1.82) is 0 Å². The smallest absolute Gasteiger partial charge is 0.337 e. The number of carbonyl (C=O) groups excluding carboxylic acids is 1. The van der Waals surface area contributed by atoms with Crippen LogP contribution in [0.5, 0.6) is 0 Å². The van der Waals surface area contributed by atoms with E-state index in [0.29, 0.717) is 23.7 Å². The van der Waals surface area contributed by atoms with Crippen LogP contribution in [0.1, 0.15) is 29.6 Å². The molecule has 0 spiro atoms. The van der Waals surface area contributed by atoms with Gasteiger partial charge in [-0.3, -0.25) is 4.79 Å². The van der Waals surface area contributed by atoms with Crippen LogP contribution in [0.3, 0.4) is 0 Å². The SMILES string of the molecule is O=C(O)c1cccc(F)c1NC(=O)C1C2C3CCC(C3)C12. The Morgan fingerprint density at radius 2 is 1.86 bits per heavy atom. The van der Waals surface area contributed by atoms with Crippen molar-refractivity contribution in [2.75, 3.05) is 5.32 Å². The van der Waals surface area contributed by atoms with Crippen LogP contribution in [0.15, 0.2) is 18.2 Å². The fraction of sp³-hybridized carbons (Fsp3) is 0.500. The zero-order valence-corrected chi connectivity index (χ0v) is 11.4. The number of carboxylic acids is 1. The van der Waals surface area contributed by atoms with Crippen molar-refractivity contribution < 1.29 is 19.1 Å². The molecule has 110 valence electrons. The summed E-state index contributed by atoms with van der Waals surface area (Å²) < 4.78 is 13.8. The van der Waals surface area contributed by atoms with Gasteiger partial charge in [0.15, 0.2) is 0 Å². The lowest BCUT2D eigenvalue weighted by Crippen LogP contribution is -2.21. The molecule has 5 heteroatoms. The molecule has 4 rings (SSSR count). The summed E-state index contributed by atoms with van der Waals surface area (Å²) in [5, 5.41) is 11.6. The Labute approximate surface area is 121 Å². The molecule has 3 saturated carbocycles. The number of aromatic carboxylic acids is 1. The predicted molar refractivity (Wildman–Crippen MR) is 73.3 cm³/mol. The summed E-state index contributed by atoms with van der Waals surface area (Å²) in [6, 6.07) is 3.80. The first-order chi connectivity index (χ1) is 10.1. The van der Waals surface area contributed by atoms with Crippen molar-refractivity contribution in [3.8, 4) is 0 Å². The third kappa shape index (κ3) is 1.79. The molecule has 0 aliphatic heterocycles. The van der Waals surface area contributed by atoms with Crippen LogP contribution in [-0.4, -0.2) is 17.0 Å². The minimum absolute atomic E-state index is 0.0440. The average Bonchev–Trinajstić information content (AvgIpc) is 2.89. The predicted octanol–water partition coefficient (Wildman–Crippen LogP) is 2.75. The number of nitrogens with one attached hydrogen (secondary N) is 1. The molecule has 2 N–H and O–H groups in total. The van der Waals surface area contributed by atoms with Crippen molar-refractivity contribution in [2.24, 2.45) is 29.6 Å². The van der Waals surface area contributed by atoms with Gasteiger partial charge in [0.2, 0.25) is 5.91 Å². The van der Waals surface area contributed by atoms with Gasteiger partial charge in [0.25, 0.3) is 0 Å². The van der Waals surface area contributed by atoms with Crippen molar-refractivity contribution in [1.82, 2.24) is 0 Å². The Morgan fingerprint density at radius 3 is 2.48 bits per heavy atom. The molecule has 1 aromatic rings. The van der Waals surface area contributed by atoms with Crippen LogP contribution in [0.25, 0.3) is 0 Å². The van der Waals surface area contributed by atoms with Gasteiger partial charge in [-0.05, 0) is 55.1 Å². The number of fused-ring (bicyclic) bond motifs is 5. The second-order valence-corrected chi connectivity index (χ2v) is 6.47. The fourth-order valence-corrected chi connectivity index (χ4v) is 4.71. The lowest BCUT2D eigenvalue weighted by atomic mass is 10.0. The number of carboxylic acid groups (broad SMARTS) is 1. The Morgan fingerprint density at radius 1 is 1.19 bits per heavy atom. The van der Waals surface area contributed by atoms with Gasteiger partial charge in [0, 0.05) is 5.92 Å². The highest BCUT2D eigenvalue weighted by molar-refractivity contribution is 6.02. The minimum atomic E-state index is -1.24. The van der Waals surface area contributed by atoms with E-state index in [9.17, 15) is 14.0 Å². The Balaban J connectivity index is 1.55. The number of halogens is 1. The molecule has 21 heavy (non-hydrogen) atoms. The van der Waals surface area contributed by atoms with Gasteiger partial charge in [-0.15, -0.1) is 0 Å². The highest BCUT2D eigenvalue weighted by atomic mass is 19.1. The molecule has 4 nitrogen and oxygen atoms in total. The van der Waals surface area contributed by atoms with Crippen molar-refractivity contribution in [2.45, 2.75) is 19.3 Å². The normalized spacial score (nSPS) is 35.4. The van der Waals surface area contributed by atoms with E-state index in [4.69, 9.17) is 5.11 Å². The van der Waals surface area contributed by atoms with Crippen LogP contribution in [0.4, 0.5) is 10.1 Å². The lowest BCUT2D eigenvalue weighted by Gasteiger charge is -2.12. The van der Waals surface area contributed by atoms with Gasteiger partial charge >= 0.3 is 5.97 Å². The third-order valence-corrected chi connectivity index (χ3v) is 5.53. The van der Waals surface area contributed by atoms with E-state index in [-0.39, 0.29) is 23.1 Å². The van der Waals surface area contributed by atoms with E-state index >= 15 is 0 Å². The van der Waals surface area contributed by atoms with Crippen LogP contribution < -0.4 is 5.32 Å². The van der Waals surface area contributed by atoms with E-state index in [1.165, 1.54) is 37.5 Å². The second kappa shape index (κ2) is 4.29. The molecule has 1 aromatic carbocycles. The summed E-state index contributed by atoms with van der Waals surface area (Å²) in [5.41, 5.74) is -0.399. The second-order valence-electron chi connectivity index (χ2n) is 6.47. The van der Waals surface area contributed by atoms with E-state index in [0.717, 1.165) is 0 Å². The van der Waals surface area contributed by atoms with Gasteiger partial charge < -0.3 is 10.4 Å². The van der Waals surface area contributed by atoms with E-state index in [2.05, 4.69) is 5.32 Å². The van der Waals surface area contributed by atoms with Crippen molar-refractivity contribution in [3.63, 3.8) is 0 Å². The van der Waals surface area contributed by atoms with Gasteiger partial charge in [-0.2, -0.15) is 0 Å². The highest BCUT2D eigenvalue weighted by Crippen LogP contribution is 2.69. The molecule has 3 aliphatic carbocycles. The molecule has 4 atom stereocenters. The molecule has 1 amide bonds. The molecule has 0 radical (unpaired) electrons. The molecule has 0 saturated heterocycles. The summed E-state index contributed by atoms with van der Waals surface area (Å²) in [7, 11) is 0. The Bertz CT molecular complexity index is 628. The quantitative estimate of drug-likeness (QED) is 0.899. The molecular weight excluding hydrogens is 273 g/mol. The number of benzene rings is 1. The van der Waals surface area contributed by atoms with Crippen molar-refractivity contribution >= 4 is 17.6 Å². The fourth-order valence-electron chi connectivity index (χ4n) is 4.71. The molecule has 0 heterocycles. The number of amides is 1. The standard InChI is InChI=1S/C16H16FNO3/c17-10-3-1-2-9(16(20)21)14(10)18-15(19)13-11-7-4-5-8(6-7)12(11)13/h1-3,7-8,11-13H,4-6H2,(H,18,19)(H,20,21). The zero-order valence-electron chi connectivity index (χ0n) is 11.4. The van der Waals surface area contributed by atoms with Crippen molar-refractivity contribution in [3.05, 3.63) is 29.6 Å². The van der Waals surface area contributed by atoms with E-state index < -0.39 is 11.8 Å². The molecule has 2 bridgehead atoms. The molecule has 4 unspecified atom stereocenters. The number of carbonyl (C=O) groups is 2. The topological polar surface area (TPSA) is 66.4 Å². The minimum Gasteiger partial charge on any atom is -0.478 e. The monoisotopic (exact) mass is 289 g/mol. The Kier molecular flexibility index (Phi) is 2.62. The third-order valence-electron chi connectivity index (χ3n) is 5.53.